The molecule has 2 aliphatic heterocycles. The van der Waals surface area contributed by atoms with Crippen LogP contribution in [-0.2, 0) is 11.2 Å². The van der Waals surface area contributed by atoms with Crippen LogP contribution in [-0.4, -0.2) is 47.6 Å². The van der Waals surface area contributed by atoms with Crippen LogP contribution in [0.4, 0.5) is 22.0 Å². The van der Waals surface area contributed by atoms with Gasteiger partial charge in [0, 0.05) is 30.3 Å². The molecule has 3 rings (SSSR count). The molecule has 0 aromatic heterocycles. The van der Waals surface area contributed by atoms with E-state index in [-0.39, 0.29) is 49.4 Å². The van der Waals surface area contributed by atoms with Crippen LogP contribution in [0.15, 0.2) is 34.5 Å². The molecule has 1 aromatic rings. The van der Waals surface area contributed by atoms with Gasteiger partial charge in [-0.05, 0) is 43.5 Å². The van der Waals surface area contributed by atoms with Crippen LogP contribution in [0, 0.1) is 11.6 Å². The van der Waals surface area contributed by atoms with Gasteiger partial charge in [0.15, 0.2) is 0 Å². The lowest BCUT2D eigenvalue weighted by Crippen LogP contribution is -2.59. The molecule has 0 aliphatic carbocycles. The highest BCUT2D eigenvalue weighted by molar-refractivity contribution is 5.99. The number of aliphatic imine (C=N–C) groups is 1. The number of nitrogens with one attached hydrogen (secondary N) is 1. The number of nitrogens with zero attached hydrogens (tertiary/aromatic N) is 2. The van der Waals surface area contributed by atoms with Crippen molar-refractivity contribution in [3.8, 4) is 0 Å². The monoisotopic (exact) mass is 431 g/mol. The molecular formula is C19H22F5N5O. The van der Waals surface area contributed by atoms with Gasteiger partial charge < -0.3 is 21.7 Å². The van der Waals surface area contributed by atoms with Crippen LogP contribution in [0.5, 0.6) is 0 Å². The Bertz CT molecular complexity index is 913. The summed E-state index contributed by atoms with van der Waals surface area (Å²) in [5.74, 6) is -1.84. The van der Waals surface area contributed by atoms with Gasteiger partial charge >= 0.3 is 6.18 Å². The SMILES string of the molecule is CC1(C(F)(F)F)N=C(N)C2=C(CN(C(=O)C[C@H](N)Cc3cc(F)ccc3F)CC2)N1. The molecule has 2 heterocycles. The highest BCUT2D eigenvalue weighted by Gasteiger charge is 2.54. The summed E-state index contributed by atoms with van der Waals surface area (Å²) >= 11 is 0. The highest BCUT2D eigenvalue weighted by atomic mass is 19.4. The average Bonchev–Trinajstić information content (AvgIpc) is 2.63. The van der Waals surface area contributed by atoms with E-state index in [0.29, 0.717) is 5.57 Å². The minimum absolute atomic E-state index is 0.0535. The molecule has 2 aliphatic rings. The fraction of sp³-hybridized carbons (Fsp3) is 0.474. The normalized spacial score (nSPS) is 22.9. The Balaban J connectivity index is 1.66. The molecule has 30 heavy (non-hydrogen) atoms. The van der Waals surface area contributed by atoms with Gasteiger partial charge in [-0.3, -0.25) is 4.79 Å². The van der Waals surface area contributed by atoms with Crippen LogP contribution in [0.1, 0.15) is 25.3 Å². The van der Waals surface area contributed by atoms with E-state index in [2.05, 4.69) is 10.3 Å². The summed E-state index contributed by atoms with van der Waals surface area (Å²) in [5.41, 5.74) is 9.79. The average molecular weight is 431 g/mol. The number of nitrogens with two attached hydrogens (primary N) is 2. The number of amidine groups is 1. The van der Waals surface area contributed by atoms with Crippen molar-refractivity contribution >= 4 is 11.7 Å². The molecule has 1 aromatic carbocycles. The Morgan fingerprint density at radius 2 is 2.07 bits per heavy atom. The molecule has 0 radical (unpaired) electrons. The second kappa shape index (κ2) is 7.86. The molecule has 2 atom stereocenters. The van der Waals surface area contributed by atoms with Gasteiger partial charge in [0.2, 0.25) is 11.6 Å². The summed E-state index contributed by atoms with van der Waals surface area (Å²) in [4.78, 5) is 17.5. The predicted molar refractivity (Wildman–Crippen MR) is 100 cm³/mol. The summed E-state index contributed by atoms with van der Waals surface area (Å²) in [7, 11) is 0. The van der Waals surface area contributed by atoms with Gasteiger partial charge in [-0.25, -0.2) is 13.8 Å². The largest absolute Gasteiger partial charge is 0.431 e. The first-order valence-corrected chi connectivity index (χ1v) is 9.29. The quantitative estimate of drug-likeness (QED) is 0.635. The zero-order valence-corrected chi connectivity index (χ0v) is 16.2. The van der Waals surface area contributed by atoms with Crippen molar-refractivity contribution in [3.05, 3.63) is 46.7 Å². The summed E-state index contributed by atoms with van der Waals surface area (Å²) in [5, 5.41) is 2.36. The maximum Gasteiger partial charge on any atom is 0.431 e. The van der Waals surface area contributed by atoms with Gasteiger partial charge in [-0.1, -0.05) is 0 Å². The van der Waals surface area contributed by atoms with Crippen LogP contribution < -0.4 is 16.8 Å². The third kappa shape index (κ3) is 4.40. The fourth-order valence-electron chi connectivity index (χ4n) is 3.55. The predicted octanol–water partition coefficient (Wildman–Crippen LogP) is 1.95. The maximum absolute atomic E-state index is 13.8. The molecule has 5 N–H and O–H groups in total. The van der Waals surface area contributed by atoms with Crippen LogP contribution in [0.3, 0.4) is 0 Å². The molecule has 6 nitrogen and oxygen atoms in total. The Hall–Kier alpha value is -2.69. The molecule has 0 fully saturated rings. The first-order valence-electron chi connectivity index (χ1n) is 9.29. The summed E-state index contributed by atoms with van der Waals surface area (Å²) in [6.45, 7) is 1.00. The van der Waals surface area contributed by atoms with E-state index in [9.17, 15) is 26.7 Å². The molecule has 1 amide bonds. The zero-order chi connectivity index (χ0) is 22.3. The molecule has 164 valence electrons. The molecule has 11 heteroatoms. The summed E-state index contributed by atoms with van der Waals surface area (Å²) < 4.78 is 67.1. The highest BCUT2D eigenvalue weighted by Crippen LogP contribution is 2.36. The van der Waals surface area contributed by atoms with Crippen molar-refractivity contribution in [1.29, 1.82) is 0 Å². The van der Waals surface area contributed by atoms with Gasteiger partial charge in [-0.2, -0.15) is 13.2 Å². The number of amides is 1. The molecule has 0 saturated carbocycles. The standard InChI is InChI=1S/C19H22F5N5O/c1-18(19(22,23)24)27-15-9-29(5-4-13(15)17(26)28-18)16(30)8-12(25)7-10-6-11(20)2-3-14(10)21/h2-3,6,12,27H,4-5,7-9,25H2,1H3,(H2,26,28)/t12-,18?/m1/s1. The van der Waals surface area contributed by atoms with Gasteiger partial charge in [0.1, 0.15) is 17.5 Å². The molecule has 0 bridgehead atoms. The van der Waals surface area contributed by atoms with E-state index < -0.39 is 35.4 Å². The number of carbonyl (C=O) groups excluding carboxylic acids is 1. The minimum atomic E-state index is -4.68. The van der Waals surface area contributed by atoms with Gasteiger partial charge in [0.25, 0.3) is 0 Å². The number of carbonyl (C=O) groups is 1. The van der Waals surface area contributed by atoms with E-state index >= 15 is 0 Å². The third-order valence-electron chi connectivity index (χ3n) is 5.22. The lowest BCUT2D eigenvalue weighted by molar-refractivity contribution is -0.187. The van der Waals surface area contributed by atoms with E-state index in [0.717, 1.165) is 25.1 Å². The molecule has 0 saturated heterocycles. The zero-order valence-electron chi connectivity index (χ0n) is 16.2. The van der Waals surface area contributed by atoms with Crippen molar-refractivity contribution in [3.63, 3.8) is 0 Å². The smallest absolute Gasteiger partial charge is 0.384 e. The number of hydrogen-bond donors (Lipinski definition) is 3. The Kier molecular flexibility index (Phi) is 5.76. The Labute approximate surface area is 169 Å². The van der Waals surface area contributed by atoms with Crippen LogP contribution in [0.25, 0.3) is 0 Å². The van der Waals surface area contributed by atoms with E-state index in [4.69, 9.17) is 11.5 Å². The Morgan fingerprint density at radius 3 is 2.73 bits per heavy atom. The third-order valence-corrected chi connectivity index (χ3v) is 5.22. The minimum Gasteiger partial charge on any atom is -0.384 e. The van der Waals surface area contributed by atoms with E-state index in [1.54, 1.807) is 0 Å². The number of benzene rings is 1. The van der Waals surface area contributed by atoms with Gasteiger partial charge in [0.05, 0.1) is 6.54 Å². The van der Waals surface area contributed by atoms with Crippen LogP contribution in [0.2, 0.25) is 0 Å². The first-order chi connectivity index (χ1) is 13.9. The second-order valence-electron chi connectivity index (χ2n) is 7.62. The molecule has 0 spiro atoms. The van der Waals surface area contributed by atoms with E-state index in [1.807, 2.05) is 0 Å². The second-order valence-corrected chi connectivity index (χ2v) is 7.62. The lowest BCUT2D eigenvalue weighted by Gasteiger charge is -2.40. The first kappa shape index (κ1) is 22.0. The number of rotatable bonds is 4. The van der Waals surface area contributed by atoms with Crippen LogP contribution >= 0.6 is 0 Å². The van der Waals surface area contributed by atoms with E-state index in [1.165, 1.54) is 4.90 Å². The van der Waals surface area contributed by atoms with Crippen molar-refractivity contribution in [2.24, 2.45) is 16.5 Å². The number of hydrogen-bond acceptors (Lipinski definition) is 5. The fourth-order valence-corrected chi connectivity index (χ4v) is 3.55. The van der Waals surface area contributed by atoms with Gasteiger partial charge in [-0.15, -0.1) is 0 Å². The van der Waals surface area contributed by atoms with Crippen molar-refractivity contribution in [2.45, 2.75) is 44.1 Å². The molecule has 1 unspecified atom stereocenters. The summed E-state index contributed by atoms with van der Waals surface area (Å²) in [6.07, 6.45) is -4.66. The number of halogens is 5. The van der Waals surface area contributed by atoms with Crippen molar-refractivity contribution in [1.82, 2.24) is 10.2 Å². The maximum atomic E-state index is 13.8. The topological polar surface area (TPSA) is 96.7 Å². The Morgan fingerprint density at radius 1 is 1.37 bits per heavy atom. The lowest BCUT2D eigenvalue weighted by atomic mass is 9.98. The van der Waals surface area contributed by atoms with Crippen molar-refractivity contribution in [2.75, 3.05) is 13.1 Å². The van der Waals surface area contributed by atoms with Crippen molar-refractivity contribution < 1.29 is 26.7 Å². The molecular weight excluding hydrogens is 409 g/mol. The summed E-state index contributed by atoms with van der Waals surface area (Å²) in [6, 6.07) is 2.20. The number of alkyl halides is 3.